The molecule has 1 aliphatic rings. The first-order valence-electron chi connectivity index (χ1n) is 3.45. The number of rotatable bonds is 2. The molecule has 1 rings (SSSR count). The second kappa shape index (κ2) is 3.87. The van der Waals surface area contributed by atoms with Gasteiger partial charge in [-0.05, 0) is 6.42 Å². The van der Waals surface area contributed by atoms with Crippen LogP contribution in [0.15, 0.2) is 0 Å². The van der Waals surface area contributed by atoms with Crippen LogP contribution >= 0.6 is 19.3 Å². The molecule has 0 aromatic carbocycles. The van der Waals surface area contributed by atoms with E-state index in [1.165, 1.54) is 4.67 Å². The SMILES string of the molecule is O=P1(O)OCCCN1CCCl. The zero-order chi connectivity index (χ0) is 8.32. The van der Waals surface area contributed by atoms with Crippen LogP contribution in [0.25, 0.3) is 0 Å². The lowest BCUT2D eigenvalue weighted by atomic mass is 10.4. The summed E-state index contributed by atoms with van der Waals surface area (Å²) in [5.41, 5.74) is 0. The molecule has 1 fully saturated rings. The fraction of sp³-hybridized carbons (Fsp3) is 1.00. The lowest BCUT2D eigenvalue weighted by molar-refractivity contribution is 0.162. The van der Waals surface area contributed by atoms with Gasteiger partial charge >= 0.3 is 7.75 Å². The highest BCUT2D eigenvalue weighted by atomic mass is 35.5. The first-order chi connectivity index (χ1) is 5.17. The van der Waals surface area contributed by atoms with E-state index in [1.807, 2.05) is 0 Å². The van der Waals surface area contributed by atoms with Crippen molar-refractivity contribution in [3.8, 4) is 0 Å². The topological polar surface area (TPSA) is 49.8 Å². The Balaban J connectivity index is 2.53. The molecule has 1 aliphatic heterocycles. The van der Waals surface area contributed by atoms with E-state index < -0.39 is 7.75 Å². The highest BCUT2D eigenvalue weighted by Gasteiger charge is 2.31. The highest BCUT2D eigenvalue weighted by Crippen LogP contribution is 2.48. The van der Waals surface area contributed by atoms with E-state index >= 15 is 0 Å². The molecule has 0 amide bonds. The van der Waals surface area contributed by atoms with E-state index in [-0.39, 0.29) is 0 Å². The predicted molar refractivity (Wildman–Crippen MR) is 42.7 cm³/mol. The average Bonchev–Trinajstić information content (AvgIpc) is 1.94. The van der Waals surface area contributed by atoms with E-state index in [0.717, 1.165) is 6.42 Å². The van der Waals surface area contributed by atoms with Crippen LogP contribution in [0.1, 0.15) is 6.42 Å². The molecule has 1 N–H and O–H groups in total. The van der Waals surface area contributed by atoms with Gasteiger partial charge in [0.2, 0.25) is 0 Å². The molecule has 0 spiro atoms. The second-order valence-corrected chi connectivity index (χ2v) is 4.50. The van der Waals surface area contributed by atoms with E-state index in [0.29, 0.717) is 25.6 Å². The van der Waals surface area contributed by atoms with Crippen LogP contribution in [0.4, 0.5) is 0 Å². The molecule has 4 nitrogen and oxygen atoms in total. The standard InChI is InChI=1S/C5H11ClNO3P/c6-2-4-7-3-1-5-10-11(7,8)9/h1-5H2,(H,8,9). The third kappa shape index (κ3) is 2.42. The second-order valence-electron chi connectivity index (χ2n) is 2.32. The van der Waals surface area contributed by atoms with Gasteiger partial charge in [-0.15, -0.1) is 11.6 Å². The monoisotopic (exact) mass is 199 g/mol. The smallest absolute Gasteiger partial charge is 0.312 e. The van der Waals surface area contributed by atoms with Crippen molar-refractivity contribution in [3.05, 3.63) is 0 Å². The maximum Gasteiger partial charge on any atom is 0.405 e. The van der Waals surface area contributed by atoms with Crippen molar-refractivity contribution in [2.75, 3.05) is 25.6 Å². The van der Waals surface area contributed by atoms with Gasteiger partial charge in [-0.3, -0.25) is 4.52 Å². The fourth-order valence-electron chi connectivity index (χ4n) is 0.974. The molecular weight excluding hydrogens is 188 g/mol. The Labute approximate surface area is 70.7 Å². The van der Waals surface area contributed by atoms with Crippen molar-refractivity contribution >= 4 is 19.3 Å². The molecule has 0 aromatic heterocycles. The summed E-state index contributed by atoms with van der Waals surface area (Å²) in [5.74, 6) is 0.355. The molecule has 1 atom stereocenters. The van der Waals surface area contributed by atoms with E-state index in [2.05, 4.69) is 0 Å². The van der Waals surface area contributed by atoms with E-state index in [4.69, 9.17) is 21.0 Å². The zero-order valence-corrected chi connectivity index (χ0v) is 7.72. The number of hydrogen-bond donors (Lipinski definition) is 1. The molecule has 1 unspecified atom stereocenters. The number of nitrogens with zero attached hydrogens (tertiary/aromatic N) is 1. The summed E-state index contributed by atoms with van der Waals surface area (Å²) in [6.07, 6.45) is 0.793. The van der Waals surface area contributed by atoms with Crippen molar-refractivity contribution in [1.29, 1.82) is 0 Å². The lowest BCUT2D eigenvalue weighted by Crippen LogP contribution is -2.29. The van der Waals surface area contributed by atoms with Crippen LogP contribution in [0.3, 0.4) is 0 Å². The fourth-order valence-corrected chi connectivity index (χ4v) is 2.57. The Morgan fingerprint density at radius 1 is 1.73 bits per heavy atom. The third-order valence-electron chi connectivity index (χ3n) is 1.52. The first kappa shape index (κ1) is 9.49. The summed E-state index contributed by atoms with van der Waals surface area (Å²) in [4.78, 5) is 9.17. The summed E-state index contributed by atoms with van der Waals surface area (Å²) in [5, 5.41) is 0. The molecule has 0 radical (unpaired) electrons. The van der Waals surface area contributed by atoms with Gasteiger partial charge in [0.15, 0.2) is 0 Å². The van der Waals surface area contributed by atoms with Crippen LogP contribution in [-0.2, 0) is 9.09 Å². The van der Waals surface area contributed by atoms with Gasteiger partial charge in [0.05, 0.1) is 6.61 Å². The van der Waals surface area contributed by atoms with Gasteiger partial charge in [0, 0.05) is 19.0 Å². The Morgan fingerprint density at radius 2 is 2.45 bits per heavy atom. The summed E-state index contributed by atoms with van der Waals surface area (Å²) in [6, 6.07) is 0. The summed E-state index contributed by atoms with van der Waals surface area (Å²) < 4.78 is 17.3. The molecule has 0 saturated carbocycles. The Hall–Kier alpha value is 0.400. The number of hydrogen-bond acceptors (Lipinski definition) is 2. The number of alkyl halides is 1. The molecule has 0 bridgehead atoms. The molecule has 11 heavy (non-hydrogen) atoms. The molecule has 0 aromatic rings. The van der Waals surface area contributed by atoms with Crippen LogP contribution in [0, 0.1) is 0 Å². The van der Waals surface area contributed by atoms with Crippen molar-refractivity contribution in [1.82, 2.24) is 4.67 Å². The Kier molecular flexibility index (Phi) is 3.34. The quantitative estimate of drug-likeness (QED) is 0.534. The Bertz CT molecular complexity index is 175. The summed E-state index contributed by atoms with van der Waals surface area (Å²) >= 11 is 5.43. The molecule has 66 valence electrons. The highest BCUT2D eigenvalue weighted by molar-refractivity contribution is 7.50. The first-order valence-corrected chi connectivity index (χ1v) is 5.52. The number of halogens is 1. The molecule has 0 aliphatic carbocycles. The van der Waals surface area contributed by atoms with Crippen molar-refractivity contribution in [2.24, 2.45) is 0 Å². The largest absolute Gasteiger partial charge is 0.405 e. The molecular formula is C5H11ClNO3P. The van der Waals surface area contributed by atoms with E-state index in [1.54, 1.807) is 0 Å². The third-order valence-corrected chi connectivity index (χ3v) is 3.32. The average molecular weight is 200 g/mol. The van der Waals surface area contributed by atoms with Gasteiger partial charge in [-0.2, -0.15) is 0 Å². The summed E-state index contributed by atoms with van der Waals surface area (Å²) in [7, 11) is -3.46. The van der Waals surface area contributed by atoms with Gasteiger partial charge < -0.3 is 4.89 Å². The van der Waals surface area contributed by atoms with Gasteiger partial charge in [0.25, 0.3) is 0 Å². The van der Waals surface area contributed by atoms with Gasteiger partial charge in [-0.25, -0.2) is 9.24 Å². The lowest BCUT2D eigenvalue weighted by Gasteiger charge is -2.29. The normalized spacial score (nSPS) is 34.0. The zero-order valence-electron chi connectivity index (χ0n) is 6.07. The molecule has 6 heteroatoms. The van der Waals surface area contributed by atoms with Crippen LogP contribution in [0.5, 0.6) is 0 Å². The maximum absolute atomic E-state index is 11.2. The Morgan fingerprint density at radius 3 is 3.00 bits per heavy atom. The van der Waals surface area contributed by atoms with Gasteiger partial charge in [-0.1, -0.05) is 0 Å². The van der Waals surface area contributed by atoms with Crippen LogP contribution in [0.2, 0.25) is 0 Å². The van der Waals surface area contributed by atoms with E-state index in [9.17, 15) is 4.57 Å². The molecule has 1 saturated heterocycles. The minimum atomic E-state index is -3.46. The minimum absolute atomic E-state index is 0.355. The predicted octanol–water partition coefficient (Wildman–Crippen LogP) is 1.05. The maximum atomic E-state index is 11.2. The molecule has 1 heterocycles. The van der Waals surface area contributed by atoms with Gasteiger partial charge in [0.1, 0.15) is 0 Å². The van der Waals surface area contributed by atoms with Crippen molar-refractivity contribution < 1.29 is 14.0 Å². The summed E-state index contributed by atoms with van der Waals surface area (Å²) in [6.45, 7) is 1.38. The minimum Gasteiger partial charge on any atom is -0.312 e. The van der Waals surface area contributed by atoms with Crippen molar-refractivity contribution in [3.63, 3.8) is 0 Å². The van der Waals surface area contributed by atoms with Crippen molar-refractivity contribution in [2.45, 2.75) is 6.42 Å². The van der Waals surface area contributed by atoms with Crippen LogP contribution < -0.4 is 0 Å². The van der Waals surface area contributed by atoms with Crippen LogP contribution in [-0.4, -0.2) is 35.1 Å².